The van der Waals surface area contributed by atoms with Gasteiger partial charge in [0, 0.05) is 0 Å². The highest BCUT2D eigenvalue weighted by atomic mass is 31.0. The molecule has 1 aromatic carbocycles. The van der Waals surface area contributed by atoms with Crippen molar-refractivity contribution < 1.29 is 0 Å². The standard InChI is InChI=1S/C10H18P4/c11-3-7-1-8(4-12)10(6-14)9(2-7)5-13/h1-2H,3-6,11-14H2. The Kier molecular flexibility index (Phi) is 6.05. The summed E-state index contributed by atoms with van der Waals surface area (Å²) in [5, 5.41) is 0. The van der Waals surface area contributed by atoms with E-state index in [4.69, 9.17) is 0 Å². The Balaban J connectivity index is 3.24. The minimum Gasteiger partial charge on any atom is -0.133 e. The lowest BCUT2D eigenvalue weighted by Gasteiger charge is -2.13. The largest absolute Gasteiger partial charge is 0.133 e. The molecule has 78 valence electrons. The molecule has 0 aliphatic carbocycles. The van der Waals surface area contributed by atoms with Gasteiger partial charge in [-0.3, -0.25) is 0 Å². The van der Waals surface area contributed by atoms with Gasteiger partial charge >= 0.3 is 0 Å². The Labute approximate surface area is 96.2 Å². The SMILES string of the molecule is PCc1cc(CP)c(CP)c(CP)c1. The van der Waals surface area contributed by atoms with Gasteiger partial charge < -0.3 is 0 Å². The second-order valence-corrected chi connectivity index (χ2v) is 4.84. The summed E-state index contributed by atoms with van der Waals surface area (Å²) < 4.78 is 0. The molecule has 0 aliphatic rings. The average molecular weight is 262 g/mol. The van der Waals surface area contributed by atoms with Crippen LogP contribution in [0.2, 0.25) is 0 Å². The Hall–Kier alpha value is 0.940. The predicted octanol–water partition coefficient (Wildman–Crippen LogP) is 3.19. The molecule has 0 aliphatic heterocycles. The van der Waals surface area contributed by atoms with Gasteiger partial charge in [0.2, 0.25) is 0 Å². The van der Waals surface area contributed by atoms with Gasteiger partial charge in [0.15, 0.2) is 0 Å². The molecule has 0 heterocycles. The van der Waals surface area contributed by atoms with Crippen molar-refractivity contribution >= 4 is 37.0 Å². The van der Waals surface area contributed by atoms with E-state index in [1.54, 1.807) is 0 Å². The highest BCUT2D eigenvalue weighted by molar-refractivity contribution is 7.16. The van der Waals surface area contributed by atoms with E-state index in [2.05, 4.69) is 49.1 Å². The number of hydrogen-bond acceptors (Lipinski definition) is 0. The molecule has 0 saturated heterocycles. The van der Waals surface area contributed by atoms with Crippen LogP contribution in [0, 0.1) is 0 Å². The van der Waals surface area contributed by atoms with Gasteiger partial charge in [-0.2, -0.15) is 0 Å². The van der Waals surface area contributed by atoms with Crippen LogP contribution in [0.5, 0.6) is 0 Å². The molecule has 0 N–H and O–H groups in total. The smallest absolute Gasteiger partial charge is 0.0123 e. The Morgan fingerprint density at radius 2 is 1.21 bits per heavy atom. The van der Waals surface area contributed by atoms with E-state index >= 15 is 0 Å². The van der Waals surface area contributed by atoms with Crippen molar-refractivity contribution in [3.05, 3.63) is 34.4 Å². The molecule has 1 aromatic rings. The molecule has 1 rings (SSSR count). The van der Waals surface area contributed by atoms with Crippen molar-refractivity contribution in [3.63, 3.8) is 0 Å². The van der Waals surface area contributed by atoms with Gasteiger partial charge in [0.1, 0.15) is 0 Å². The number of hydrogen-bond donors (Lipinski definition) is 0. The quantitative estimate of drug-likeness (QED) is 0.731. The van der Waals surface area contributed by atoms with Gasteiger partial charge in [-0.25, -0.2) is 0 Å². The zero-order valence-electron chi connectivity index (χ0n) is 8.29. The predicted molar refractivity (Wildman–Crippen MR) is 80.1 cm³/mol. The first-order valence-corrected chi connectivity index (χ1v) is 7.97. The molecule has 0 saturated carbocycles. The topological polar surface area (TPSA) is 0 Å². The van der Waals surface area contributed by atoms with Gasteiger partial charge in [-0.05, 0) is 46.9 Å². The second-order valence-electron chi connectivity index (χ2n) is 3.21. The molecule has 0 bridgehead atoms. The van der Waals surface area contributed by atoms with E-state index in [1.165, 1.54) is 22.3 Å². The molecule has 0 nitrogen and oxygen atoms in total. The summed E-state index contributed by atoms with van der Waals surface area (Å²) in [5.41, 5.74) is 5.87. The lowest BCUT2D eigenvalue weighted by Crippen LogP contribution is -1.97. The van der Waals surface area contributed by atoms with Crippen LogP contribution in [0.3, 0.4) is 0 Å². The van der Waals surface area contributed by atoms with E-state index in [0.29, 0.717) is 0 Å². The minimum atomic E-state index is 1.05. The molecule has 0 radical (unpaired) electrons. The summed E-state index contributed by atoms with van der Waals surface area (Å²) in [7, 11) is 11.3. The number of rotatable bonds is 4. The van der Waals surface area contributed by atoms with Crippen molar-refractivity contribution in [2.45, 2.75) is 24.6 Å². The molecule has 0 amide bonds. The maximum absolute atomic E-state index is 2.83. The third-order valence-corrected chi connectivity index (χ3v) is 4.13. The first-order chi connectivity index (χ1) is 6.76. The summed E-state index contributed by atoms with van der Waals surface area (Å²) in [5.74, 6) is 0. The molecule has 4 heteroatoms. The maximum atomic E-state index is 2.83. The molecular formula is C10H18P4. The lowest BCUT2D eigenvalue weighted by atomic mass is 10.0. The van der Waals surface area contributed by atoms with E-state index in [1.807, 2.05) is 0 Å². The van der Waals surface area contributed by atoms with Crippen LogP contribution in [-0.2, 0) is 24.6 Å². The van der Waals surface area contributed by atoms with Crippen LogP contribution in [0.25, 0.3) is 0 Å². The fourth-order valence-electron chi connectivity index (χ4n) is 1.61. The van der Waals surface area contributed by atoms with Crippen molar-refractivity contribution in [3.8, 4) is 0 Å². The first-order valence-electron chi connectivity index (χ1n) is 4.70. The molecule has 0 spiro atoms. The third-order valence-electron chi connectivity index (χ3n) is 2.37. The van der Waals surface area contributed by atoms with E-state index < -0.39 is 0 Å². The van der Waals surface area contributed by atoms with Gasteiger partial charge in [-0.1, -0.05) is 12.1 Å². The van der Waals surface area contributed by atoms with Crippen LogP contribution in [0.1, 0.15) is 22.3 Å². The maximum Gasteiger partial charge on any atom is -0.0123 e. The molecular weight excluding hydrogens is 244 g/mol. The van der Waals surface area contributed by atoms with Crippen LogP contribution in [0.15, 0.2) is 12.1 Å². The summed E-state index contributed by atoms with van der Waals surface area (Å²) >= 11 is 0. The summed E-state index contributed by atoms with van der Waals surface area (Å²) in [6.45, 7) is 0. The summed E-state index contributed by atoms with van der Waals surface area (Å²) in [6.07, 6.45) is 4.22. The van der Waals surface area contributed by atoms with Crippen LogP contribution in [0.4, 0.5) is 0 Å². The average Bonchev–Trinajstić information content (AvgIpc) is 2.26. The Morgan fingerprint density at radius 3 is 1.50 bits per heavy atom. The van der Waals surface area contributed by atoms with Crippen molar-refractivity contribution in [1.82, 2.24) is 0 Å². The van der Waals surface area contributed by atoms with E-state index in [9.17, 15) is 0 Å². The van der Waals surface area contributed by atoms with E-state index in [0.717, 1.165) is 24.6 Å². The zero-order chi connectivity index (χ0) is 10.6. The summed E-state index contributed by atoms with van der Waals surface area (Å²) in [4.78, 5) is 0. The van der Waals surface area contributed by atoms with Crippen molar-refractivity contribution in [1.29, 1.82) is 0 Å². The molecule has 0 fully saturated rings. The second kappa shape index (κ2) is 6.51. The Bertz CT molecular complexity index is 284. The van der Waals surface area contributed by atoms with Crippen molar-refractivity contribution in [2.24, 2.45) is 0 Å². The highest BCUT2D eigenvalue weighted by Crippen LogP contribution is 2.25. The van der Waals surface area contributed by atoms with E-state index in [-0.39, 0.29) is 0 Å². The number of benzene rings is 1. The molecule has 14 heavy (non-hydrogen) atoms. The molecule has 0 aromatic heterocycles. The summed E-state index contributed by atoms with van der Waals surface area (Å²) in [6, 6.07) is 4.65. The van der Waals surface area contributed by atoms with Gasteiger partial charge in [-0.15, -0.1) is 37.0 Å². The van der Waals surface area contributed by atoms with Gasteiger partial charge in [0.05, 0.1) is 0 Å². The fraction of sp³-hybridized carbons (Fsp3) is 0.400. The third kappa shape index (κ3) is 2.97. The zero-order valence-corrected chi connectivity index (χ0v) is 12.9. The van der Waals surface area contributed by atoms with Crippen LogP contribution >= 0.6 is 37.0 Å². The Morgan fingerprint density at radius 1 is 0.714 bits per heavy atom. The van der Waals surface area contributed by atoms with Gasteiger partial charge in [0.25, 0.3) is 0 Å². The minimum absolute atomic E-state index is 1.05. The van der Waals surface area contributed by atoms with Crippen LogP contribution < -0.4 is 0 Å². The first kappa shape index (κ1) is 13.0. The van der Waals surface area contributed by atoms with Crippen molar-refractivity contribution in [2.75, 3.05) is 0 Å². The normalized spacial score (nSPS) is 10.6. The highest BCUT2D eigenvalue weighted by Gasteiger charge is 2.06. The fourth-order valence-corrected chi connectivity index (χ4v) is 3.10. The molecule has 4 atom stereocenters. The monoisotopic (exact) mass is 262 g/mol. The lowest BCUT2D eigenvalue weighted by molar-refractivity contribution is 1.18. The van der Waals surface area contributed by atoms with Crippen LogP contribution in [-0.4, -0.2) is 0 Å². The molecule has 4 unspecified atom stereocenters.